The first kappa shape index (κ1) is 22.1. The number of rotatable bonds is 8. The monoisotopic (exact) mass is 422 g/mol. The van der Waals surface area contributed by atoms with Gasteiger partial charge in [-0.3, -0.25) is 9.59 Å². The second kappa shape index (κ2) is 10.3. The molecule has 1 N–H and O–H groups in total. The van der Waals surface area contributed by atoms with E-state index in [2.05, 4.69) is 5.32 Å². The van der Waals surface area contributed by atoms with Crippen molar-refractivity contribution in [3.05, 3.63) is 63.6 Å². The lowest BCUT2D eigenvalue weighted by Gasteiger charge is -2.30. The summed E-state index contributed by atoms with van der Waals surface area (Å²) in [5.74, 6) is 0.0883. The molecule has 0 saturated heterocycles. The molecule has 1 atom stereocenters. The molecular weight excluding hydrogens is 399 g/mol. The molecule has 0 aliphatic heterocycles. The van der Waals surface area contributed by atoms with Crippen molar-refractivity contribution in [2.45, 2.75) is 32.9 Å². The highest BCUT2D eigenvalue weighted by Gasteiger charge is 2.28. The van der Waals surface area contributed by atoms with Crippen LogP contribution in [0.4, 0.5) is 0 Å². The van der Waals surface area contributed by atoms with Crippen molar-refractivity contribution >= 4 is 35.0 Å². The summed E-state index contributed by atoms with van der Waals surface area (Å²) >= 11 is 12.1. The summed E-state index contributed by atoms with van der Waals surface area (Å²) in [5.41, 5.74) is 1.81. The molecule has 7 heteroatoms. The Balaban J connectivity index is 2.21. The van der Waals surface area contributed by atoms with Gasteiger partial charge in [0.05, 0.1) is 10.0 Å². The van der Waals surface area contributed by atoms with Crippen molar-refractivity contribution in [3.63, 3.8) is 0 Å². The molecule has 2 amide bonds. The quantitative estimate of drug-likeness (QED) is 0.691. The van der Waals surface area contributed by atoms with E-state index in [0.717, 1.165) is 11.1 Å². The minimum absolute atomic E-state index is 0.168. The summed E-state index contributed by atoms with van der Waals surface area (Å²) in [7, 11) is 1.55. The molecule has 2 aromatic rings. The maximum absolute atomic E-state index is 12.9. The van der Waals surface area contributed by atoms with E-state index >= 15 is 0 Å². The van der Waals surface area contributed by atoms with Crippen molar-refractivity contribution in [2.75, 3.05) is 13.7 Å². The zero-order valence-electron chi connectivity index (χ0n) is 16.2. The van der Waals surface area contributed by atoms with Crippen molar-refractivity contribution in [1.82, 2.24) is 10.2 Å². The van der Waals surface area contributed by atoms with E-state index in [0.29, 0.717) is 22.2 Å². The molecule has 0 bridgehead atoms. The predicted octanol–water partition coefficient (Wildman–Crippen LogP) is 4.23. The van der Waals surface area contributed by atoms with E-state index in [9.17, 15) is 9.59 Å². The third-order valence-electron chi connectivity index (χ3n) is 4.32. The van der Waals surface area contributed by atoms with Gasteiger partial charge < -0.3 is 15.0 Å². The number of hydrogen-bond acceptors (Lipinski definition) is 3. The van der Waals surface area contributed by atoms with Gasteiger partial charge in [-0.15, -0.1) is 0 Å². The molecule has 0 aliphatic carbocycles. The zero-order valence-corrected chi connectivity index (χ0v) is 17.7. The van der Waals surface area contributed by atoms with Gasteiger partial charge >= 0.3 is 0 Å². The lowest BCUT2D eigenvalue weighted by Crippen LogP contribution is -2.49. The van der Waals surface area contributed by atoms with Crippen LogP contribution >= 0.6 is 23.2 Å². The SMILES string of the molecule is CCC(C(=O)NC)N(Cc1ccc(Cl)c(Cl)c1)C(=O)COc1cccc(C)c1. The number of benzene rings is 2. The fraction of sp³-hybridized carbons (Fsp3) is 0.333. The van der Waals surface area contributed by atoms with Crippen LogP contribution < -0.4 is 10.1 Å². The zero-order chi connectivity index (χ0) is 20.7. The van der Waals surface area contributed by atoms with E-state index in [-0.39, 0.29) is 25.0 Å². The number of carbonyl (C=O) groups excluding carboxylic acids is 2. The van der Waals surface area contributed by atoms with Crippen LogP contribution in [0.3, 0.4) is 0 Å². The molecule has 28 heavy (non-hydrogen) atoms. The number of likely N-dealkylation sites (N-methyl/N-ethyl adjacent to an activating group) is 1. The molecule has 0 radical (unpaired) electrons. The Morgan fingerprint density at radius 2 is 1.89 bits per heavy atom. The van der Waals surface area contributed by atoms with Gasteiger partial charge in [-0.05, 0) is 48.7 Å². The molecule has 0 fully saturated rings. The maximum Gasteiger partial charge on any atom is 0.261 e. The first-order chi connectivity index (χ1) is 13.3. The summed E-state index contributed by atoms with van der Waals surface area (Å²) in [6, 6.07) is 12.0. The van der Waals surface area contributed by atoms with Crippen LogP contribution in [0.25, 0.3) is 0 Å². The smallest absolute Gasteiger partial charge is 0.261 e. The fourth-order valence-corrected chi connectivity index (χ4v) is 3.17. The van der Waals surface area contributed by atoms with Gasteiger partial charge in [0.2, 0.25) is 5.91 Å². The summed E-state index contributed by atoms with van der Waals surface area (Å²) in [6.45, 7) is 3.86. The maximum atomic E-state index is 12.9. The highest BCUT2D eigenvalue weighted by atomic mass is 35.5. The molecule has 2 rings (SSSR count). The van der Waals surface area contributed by atoms with Crippen LogP contribution in [0.2, 0.25) is 10.0 Å². The van der Waals surface area contributed by atoms with Gasteiger partial charge in [0, 0.05) is 13.6 Å². The second-order valence-electron chi connectivity index (χ2n) is 6.41. The van der Waals surface area contributed by atoms with Gasteiger partial charge in [-0.1, -0.05) is 48.3 Å². The number of halogens is 2. The number of amides is 2. The lowest BCUT2D eigenvalue weighted by atomic mass is 10.1. The van der Waals surface area contributed by atoms with E-state index in [1.54, 1.807) is 31.3 Å². The fourth-order valence-electron chi connectivity index (χ4n) is 2.85. The highest BCUT2D eigenvalue weighted by Crippen LogP contribution is 2.24. The van der Waals surface area contributed by atoms with E-state index in [1.165, 1.54) is 4.90 Å². The minimum Gasteiger partial charge on any atom is -0.484 e. The van der Waals surface area contributed by atoms with Gasteiger partial charge in [0.25, 0.3) is 5.91 Å². The van der Waals surface area contributed by atoms with Crippen LogP contribution in [0.15, 0.2) is 42.5 Å². The second-order valence-corrected chi connectivity index (χ2v) is 7.23. The Morgan fingerprint density at radius 3 is 2.50 bits per heavy atom. The highest BCUT2D eigenvalue weighted by molar-refractivity contribution is 6.42. The number of carbonyl (C=O) groups is 2. The molecule has 5 nitrogen and oxygen atoms in total. The number of ether oxygens (including phenoxy) is 1. The summed E-state index contributed by atoms with van der Waals surface area (Å²) < 4.78 is 5.65. The van der Waals surface area contributed by atoms with Crippen LogP contribution in [0, 0.1) is 6.92 Å². The number of nitrogens with zero attached hydrogens (tertiary/aromatic N) is 1. The Labute approximate surface area is 175 Å². The van der Waals surface area contributed by atoms with E-state index in [1.807, 2.05) is 32.0 Å². The predicted molar refractivity (Wildman–Crippen MR) is 112 cm³/mol. The Hall–Kier alpha value is -2.24. The minimum atomic E-state index is -0.618. The van der Waals surface area contributed by atoms with Crippen molar-refractivity contribution in [3.8, 4) is 5.75 Å². The van der Waals surface area contributed by atoms with E-state index < -0.39 is 6.04 Å². The molecule has 0 spiro atoms. The first-order valence-corrected chi connectivity index (χ1v) is 9.75. The van der Waals surface area contributed by atoms with E-state index in [4.69, 9.17) is 27.9 Å². The normalized spacial score (nSPS) is 11.6. The number of nitrogens with one attached hydrogen (secondary N) is 1. The third kappa shape index (κ3) is 5.88. The Bertz CT molecular complexity index is 842. The van der Waals surface area contributed by atoms with Crippen LogP contribution in [-0.2, 0) is 16.1 Å². The summed E-state index contributed by atoms with van der Waals surface area (Å²) in [5, 5.41) is 3.45. The van der Waals surface area contributed by atoms with Crippen molar-refractivity contribution < 1.29 is 14.3 Å². The Morgan fingerprint density at radius 1 is 1.14 bits per heavy atom. The standard InChI is InChI=1S/C21H24Cl2N2O3/c1-4-19(21(27)24-3)25(12-15-8-9-17(22)18(23)11-15)20(26)13-28-16-7-5-6-14(2)10-16/h5-11,19H,4,12-13H2,1-3H3,(H,24,27). The molecular formula is C21H24Cl2N2O3. The average molecular weight is 423 g/mol. The largest absolute Gasteiger partial charge is 0.484 e. The molecule has 0 saturated carbocycles. The summed E-state index contributed by atoms with van der Waals surface area (Å²) in [4.78, 5) is 26.8. The van der Waals surface area contributed by atoms with Crippen molar-refractivity contribution in [2.24, 2.45) is 0 Å². The molecule has 2 aromatic carbocycles. The first-order valence-electron chi connectivity index (χ1n) is 9.00. The van der Waals surface area contributed by atoms with Crippen molar-refractivity contribution in [1.29, 1.82) is 0 Å². The average Bonchev–Trinajstić information content (AvgIpc) is 2.68. The number of aryl methyl sites for hydroxylation is 1. The van der Waals surface area contributed by atoms with Gasteiger partial charge in [0.15, 0.2) is 6.61 Å². The third-order valence-corrected chi connectivity index (χ3v) is 5.06. The van der Waals surface area contributed by atoms with Crippen LogP contribution in [0.1, 0.15) is 24.5 Å². The molecule has 150 valence electrons. The van der Waals surface area contributed by atoms with Crippen LogP contribution in [-0.4, -0.2) is 36.4 Å². The molecule has 0 heterocycles. The topological polar surface area (TPSA) is 58.6 Å². The molecule has 0 aliphatic rings. The summed E-state index contributed by atoms with van der Waals surface area (Å²) in [6.07, 6.45) is 0.469. The number of hydrogen-bond donors (Lipinski definition) is 1. The molecule has 1 unspecified atom stereocenters. The van der Waals surface area contributed by atoms with Gasteiger partial charge in [-0.2, -0.15) is 0 Å². The molecule has 0 aromatic heterocycles. The Kier molecular flexibility index (Phi) is 8.15. The van der Waals surface area contributed by atoms with Gasteiger partial charge in [0.1, 0.15) is 11.8 Å². The lowest BCUT2D eigenvalue weighted by molar-refractivity contribution is -0.142. The van der Waals surface area contributed by atoms with Gasteiger partial charge in [-0.25, -0.2) is 0 Å². The van der Waals surface area contributed by atoms with Crippen LogP contribution in [0.5, 0.6) is 5.75 Å².